The fourth-order valence-corrected chi connectivity index (χ4v) is 2.06. The molecule has 22 heavy (non-hydrogen) atoms. The van der Waals surface area contributed by atoms with Crippen molar-refractivity contribution in [3.63, 3.8) is 0 Å². The number of hydrogen-bond acceptors (Lipinski definition) is 7. The lowest BCUT2D eigenvalue weighted by atomic mass is 10.2. The largest absolute Gasteiger partial charge is 0.472 e. The highest BCUT2D eigenvalue weighted by Gasteiger charge is 2.18. The molecule has 8 nitrogen and oxygen atoms in total. The lowest BCUT2D eigenvalue weighted by Crippen LogP contribution is -2.23. The summed E-state index contributed by atoms with van der Waals surface area (Å²) in [5.74, 6) is 0.977. The summed E-state index contributed by atoms with van der Waals surface area (Å²) in [5, 5.41) is 10.2. The van der Waals surface area contributed by atoms with E-state index in [1.807, 2.05) is 0 Å². The minimum Gasteiger partial charge on any atom is -0.472 e. The van der Waals surface area contributed by atoms with Gasteiger partial charge >= 0.3 is 0 Å². The second-order valence-corrected chi connectivity index (χ2v) is 4.88. The van der Waals surface area contributed by atoms with E-state index in [9.17, 15) is 4.79 Å². The van der Waals surface area contributed by atoms with E-state index in [0.29, 0.717) is 36.4 Å². The molecule has 1 N–H and O–H groups in total. The molecule has 0 spiro atoms. The summed E-state index contributed by atoms with van der Waals surface area (Å²) in [4.78, 5) is 16.2. The predicted molar refractivity (Wildman–Crippen MR) is 74.3 cm³/mol. The minimum absolute atomic E-state index is 0.00724. The molecule has 1 unspecified atom stereocenters. The van der Waals surface area contributed by atoms with Crippen molar-refractivity contribution in [1.82, 2.24) is 20.5 Å². The van der Waals surface area contributed by atoms with Crippen LogP contribution < -0.4 is 10.1 Å². The number of rotatable bonds is 5. The van der Waals surface area contributed by atoms with Crippen molar-refractivity contribution in [3.8, 4) is 5.88 Å². The van der Waals surface area contributed by atoms with Crippen LogP contribution in [0.1, 0.15) is 28.6 Å². The van der Waals surface area contributed by atoms with E-state index in [2.05, 4.69) is 20.5 Å². The van der Waals surface area contributed by atoms with Crippen molar-refractivity contribution in [2.45, 2.75) is 26.0 Å². The minimum atomic E-state index is -0.259. The van der Waals surface area contributed by atoms with Crippen molar-refractivity contribution in [1.29, 1.82) is 0 Å². The van der Waals surface area contributed by atoms with Crippen LogP contribution in [0.5, 0.6) is 5.88 Å². The number of nitrogens with zero attached hydrogens (tertiary/aromatic N) is 3. The highest BCUT2D eigenvalue weighted by atomic mass is 16.5. The number of hydrogen-bond donors (Lipinski definition) is 1. The topological polar surface area (TPSA) is 99.4 Å². The first kappa shape index (κ1) is 14.5. The second kappa shape index (κ2) is 6.52. The Morgan fingerprint density at radius 2 is 2.41 bits per heavy atom. The molecule has 1 fully saturated rings. The van der Waals surface area contributed by atoms with Gasteiger partial charge in [-0.05, 0) is 6.07 Å². The fourth-order valence-electron chi connectivity index (χ4n) is 2.06. The third-order valence-electron chi connectivity index (χ3n) is 3.14. The monoisotopic (exact) mass is 304 g/mol. The van der Waals surface area contributed by atoms with E-state index >= 15 is 0 Å². The molecule has 0 bridgehead atoms. The molecule has 2 aromatic rings. The SMILES string of the molecule is Cc1nnc(CNC(=O)c2ccnc(OC3CCOC3)c2)o1. The lowest BCUT2D eigenvalue weighted by molar-refractivity contribution is 0.0945. The molecule has 1 atom stereocenters. The molecule has 3 heterocycles. The normalized spacial score (nSPS) is 17.4. The summed E-state index contributed by atoms with van der Waals surface area (Å²) < 4.78 is 16.1. The Morgan fingerprint density at radius 3 is 3.14 bits per heavy atom. The maximum atomic E-state index is 12.1. The van der Waals surface area contributed by atoms with Gasteiger partial charge in [-0.25, -0.2) is 4.98 Å². The van der Waals surface area contributed by atoms with E-state index in [4.69, 9.17) is 13.9 Å². The highest BCUT2D eigenvalue weighted by molar-refractivity contribution is 5.94. The van der Waals surface area contributed by atoms with E-state index in [-0.39, 0.29) is 18.6 Å². The van der Waals surface area contributed by atoms with Crippen molar-refractivity contribution in [3.05, 3.63) is 35.7 Å². The third kappa shape index (κ3) is 3.59. The Balaban J connectivity index is 1.59. The van der Waals surface area contributed by atoms with Gasteiger partial charge in [0.2, 0.25) is 17.7 Å². The standard InChI is InChI=1S/C14H16N4O4/c1-9-17-18-13(21-9)7-16-14(19)10-2-4-15-12(6-10)22-11-3-5-20-8-11/h2,4,6,11H,3,5,7-8H2,1H3,(H,16,19). The van der Waals surface area contributed by atoms with Crippen LogP contribution in [0.3, 0.4) is 0 Å². The molecule has 0 aromatic carbocycles. The number of carbonyl (C=O) groups excluding carboxylic acids is 1. The van der Waals surface area contributed by atoms with E-state index in [0.717, 1.165) is 6.42 Å². The Bertz CT molecular complexity index is 652. The molecule has 1 aliphatic rings. The second-order valence-electron chi connectivity index (χ2n) is 4.88. The first-order valence-corrected chi connectivity index (χ1v) is 6.98. The van der Waals surface area contributed by atoms with Gasteiger partial charge in [-0.1, -0.05) is 0 Å². The molecule has 3 rings (SSSR count). The highest BCUT2D eigenvalue weighted by Crippen LogP contribution is 2.15. The Kier molecular flexibility index (Phi) is 4.29. The van der Waals surface area contributed by atoms with Gasteiger partial charge in [-0.2, -0.15) is 0 Å². The Hall–Kier alpha value is -2.48. The van der Waals surface area contributed by atoms with Crippen LogP contribution in [0.4, 0.5) is 0 Å². The van der Waals surface area contributed by atoms with Crippen molar-refractivity contribution < 1.29 is 18.7 Å². The molecule has 1 saturated heterocycles. The van der Waals surface area contributed by atoms with Crippen LogP contribution >= 0.6 is 0 Å². The zero-order valence-corrected chi connectivity index (χ0v) is 12.1. The van der Waals surface area contributed by atoms with Crippen LogP contribution in [0.25, 0.3) is 0 Å². The van der Waals surface area contributed by atoms with Crippen molar-refractivity contribution in [2.75, 3.05) is 13.2 Å². The van der Waals surface area contributed by atoms with Crippen LogP contribution in [-0.4, -0.2) is 40.4 Å². The smallest absolute Gasteiger partial charge is 0.251 e. The van der Waals surface area contributed by atoms with E-state index < -0.39 is 0 Å². The first-order valence-electron chi connectivity index (χ1n) is 6.98. The number of amides is 1. The fraction of sp³-hybridized carbons (Fsp3) is 0.429. The number of ether oxygens (including phenoxy) is 2. The third-order valence-corrected chi connectivity index (χ3v) is 3.14. The molecule has 0 aliphatic carbocycles. The number of aromatic nitrogens is 3. The van der Waals surface area contributed by atoms with Crippen LogP contribution in [0, 0.1) is 6.92 Å². The Morgan fingerprint density at radius 1 is 1.50 bits per heavy atom. The van der Waals surface area contributed by atoms with Gasteiger partial charge in [0, 0.05) is 31.2 Å². The van der Waals surface area contributed by atoms with Crippen molar-refractivity contribution >= 4 is 5.91 Å². The van der Waals surface area contributed by atoms with Gasteiger partial charge in [0.1, 0.15) is 6.10 Å². The molecule has 0 saturated carbocycles. The van der Waals surface area contributed by atoms with Gasteiger partial charge < -0.3 is 19.2 Å². The molecule has 8 heteroatoms. The summed E-state index contributed by atoms with van der Waals surface area (Å²) in [6.07, 6.45) is 2.36. The Labute approximate surface area is 126 Å². The molecular formula is C14H16N4O4. The van der Waals surface area contributed by atoms with Gasteiger partial charge in [-0.3, -0.25) is 4.79 Å². The number of pyridine rings is 1. The maximum absolute atomic E-state index is 12.1. The number of aryl methyl sites for hydroxylation is 1. The summed E-state index contributed by atoms with van der Waals surface area (Å²) in [7, 11) is 0. The zero-order chi connectivity index (χ0) is 15.4. The average molecular weight is 304 g/mol. The molecule has 1 amide bonds. The predicted octanol–water partition coefficient (Wildman–Crippen LogP) is 0.871. The van der Waals surface area contributed by atoms with Gasteiger partial charge in [0.15, 0.2) is 0 Å². The molecule has 1 aliphatic heterocycles. The average Bonchev–Trinajstić information content (AvgIpc) is 3.17. The van der Waals surface area contributed by atoms with E-state index in [1.54, 1.807) is 19.1 Å². The van der Waals surface area contributed by atoms with Gasteiger partial charge in [0.25, 0.3) is 5.91 Å². The molecule has 0 radical (unpaired) electrons. The van der Waals surface area contributed by atoms with Crippen LogP contribution in [0.2, 0.25) is 0 Å². The van der Waals surface area contributed by atoms with E-state index in [1.165, 1.54) is 6.20 Å². The van der Waals surface area contributed by atoms with Gasteiger partial charge in [0.05, 0.1) is 19.8 Å². The summed E-state index contributed by atoms with van der Waals surface area (Å²) in [5.41, 5.74) is 0.458. The van der Waals surface area contributed by atoms with Crippen molar-refractivity contribution in [2.24, 2.45) is 0 Å². The number of nitrogens with one attached hydrogen (secondary N) is 1. The number of carbonyl (C=O) groups is 1. The van der Waals surface area contributed by atoms with Crippen LogP contribution in [-0.2, 0) is 11.3 Å². The molecule has 116 valence electrons. The first-order chi connectivity index (χ1) is 10.7. The summed E-state index contributed by atoms with van der Waals surface area (Å²) >= 11 is 0. The quantitative estimate of drug-likeness (QED) is 0.874. The lowest BCUT2D eigenvalue weighted by Gasteiger charge is -2.11. The zero-order valence-electron chi connectivity index (χ0n) is 12.1. The molecule has 2 aromatic heterocycles. The summed E-state index contributed by atoms with van der Waals surface area (Å²) in [6, 6.07) is 3.22. The maximum Gasteiger partial charge on any atom is 0.251 e. The van der Waals surface area contributed by atoms with Crippen LogP contribution in [0.15, 0.2) is 22.7 Å². The summed E-state index contributed by atoms with van der Waals surface area (Å²) in [6.45, 7) is 3.11. The molecular weight excluding hydrogens is 288 g/mol. The van der Waals surface area contributed by atoms with Gasteiger partial charge in [-0.15, -0.1) is 10.2 Å².